The minimum atomic E-state index is -0.443. The minimum absolute atomic E-state index is 0.114. The average molecular weight is 299 g/mol. The highest BCUT2D eigenvalue weighted by atomic mass is 32.1. The highest BCUT2D eigenvalue weighted by Crippen LogP contribution is 2.22. The fraction of sp³-hybridized carbons (Fsp3) is 0.615. The van der Waals surface area contributed by atoms with Crippen molar-refractivity contribution in [1.82, 2.24) is 10.3 Å². The molecule has 1 amide bonds. The lowest BCUT2D eigenvalue weighted by molar-refractivity contribution is -0.143. The Morgan fingerprint density at radius 3 is 2.80 bits per heavy atom. The zero-order valence-corrected chi connectivity index (χ0v) is 12.8. The fourth-order valence-electron chi connectivity index (χ4n) is 1.45. The first kappa shape index (κ1) is 16.6. The summed E-state index contributed by atoms with van der Waals surface area (Å²) in [5, 5.41) is 5.14. The van der Waals surface area contributed by atoms with E-state index in [1.165, 1.54) is 11.3 Å². The van der Waals surface area contributed by atoms with E-state index in [-0.39, 0.29) is 24.9 Å². The first-order valence-electron chi connectivity index (χ1n) is 6.56. The molecule has 112 valence electrons. The maximum atomic E-state index is 11.6. The van der Waals surface area contributed by atoms with Crippen LogP contribution in [0.25, 0.3) is 0 Å². The molecule has 20 heavy (non-hydrogen) atoms. The SMILES string of the molecule is CCOC(=O)CNC(=O)Cc1csc(C(N)C(C)C)n1. The molecule has 7 heteroatoms. The summed E-state index contributed by atoms with van der Waals surface area (Å²) in [5.74, 6) is -0.402. The van der Waals surface area contributed by atoms with Gasteiger partial charge in [0.15, 0.2) is 0 Å². The van der Waals surface area contributed by atoms with Crippen molar-refractivity contribution in [3.8, 4) is 0 Å². The monoisotopic (exact) mass is 299 g/mol. The third-order valence-corrected chi connectivity index (χ3v) is 3.64. The van der Waals surface area contributed by atoms with Gasteiger partial charge in [-0.2, -0.15) is 0 Å². The lowest BCUT2D eigenvalue weighted by Gasteiger charge is -2.11. The Kier molecular flexibility index (Phi) is 6.60. The van der Waals surface area contributed by atoms with E-state index in [0.29, 0.717) is 18.2 Å². The third-order valence-electron chi connectivity index (χ3n) is 2.65. The fourth-order valence-corrected chi connectivity index (χ4v) is 2.44. The number of rotatable bonds is 7. The Labute approximate surface area is 122 Å². The molecule has 0 aliphatic rings. The first-order valence-corrected chi connectivity index (χ1v) is 7.44. The van der Waals surface area contributed by atoms with E-state index in [1.807, 2.05) is 19.2 Å². The Bertz CT molecular complexity index is 459. The minimum Gasteiger partial charge on any atom is -0.465 e. The number of ether oxygens (including phenoxy) is 1. The molecule has 0 saturated heterocycles. The zero-order valence-electron chi connectivity index (χ0n) is 12.0. The summed E-state index contributed by atoms with van der Waals surface area (Å²) in [4.78, 5) is 27.1. The Morgan fingerprint density at radius 1 is 1.50 bits per heavy atom. The van der Waals surface area contributed by atoms with Crippen LogP contribution in [0.3, 0.4) is 0 Å². The molecule has 1 aromatic rings. The Morgan fingerprint density at radius 2 is 2.20 bits per heavy atom. The number of carbonyl (C=O) groups excluding carboxylic acids is 2. The van der Waals surface area contributed by atoms with Crippen molar-refractivity contribution in [2.45, 2.75) is 33.2 Å². The molecular weight excluding hydrogens is 278 g/mol. The zero-order chi connectivity index (χ0) is 15.1. The first-order chi connectivity index (χ1) is 9.43. The number of nitrogens with one attached hydrogen (secondary N) is 1. The number of aromatic nitrogens is 1. The molecule has 0 radical (unpaired) electrons. The molecule has 0 fully saturated rings. The van der Waals surface area contributed by atoms with Crippen LogP contribution in [0.1, 0.15) is 37.5 Å². The van der Waals surface area contributed by atoms with Gasteiger partial charge in [-0.05, 0) is 12.8 Å². The van der Waals surface area contributed by atoms with Crippen molar-refractivity contribution in [2.24, 2.45) is 11.7 Å². The van der Waals surface area contributed by atoms with E-state index < -0.39 is 5.97 Å². The molecule has 1 rings (SSSR count). The van der Waals surface area contributed by atoms with Gasteiger partial charge in [0, 0.05) is 5.38 Å². The van der Waals surface area contributed by atoms with Crippen molar-refractivity contribution < 1.29 is 14.3 Å². The molecule has 6 nitrogen and oxygen atoms in total. The van der Waals surface area contributed by atoms with E-state index >= 15 is 0 Å². The second kappa shape index (κ2) is 7.96. The number of esters is 1. The summed E-state index contributed by atoms with van der Waals surface area (Å²) in [5.41, 5.74) is 6.67. The summed E-state index contributed by atoms with van der Waals surface area (Å²) in [6, 6.07) is -0.114. The molecule has 0 bridgehead atoms. The molecular formula is C13H21N3O3S. The molecule has 0 aliphatic carbocycles. The van der Waals surface area contributed by atoms with Crippen LogP contribution in [0.4, 0.5) is 0 Å². The molecule has 0 saturated carbocycles. The maximum Gasteiger partial charge on any atom is 0.325 e. The van der Waals surface area contributed by atoms with Crippen LogP contribution < -0.4 is 11.1 Å². The predicted molar refractivity (Wildman–Crippen MR) is 77.2 cm³/mol. The number of hydrogen-bond acceptors (Lipinski definition) is 6. The summed E-state index contributed by atoms with van der Waals surface area (Å²) in [6.07, 6.45) is 0.140. The number of nitrogens with two attached hydrogens (primary N) is 1. The van der Waals surface area contributed by atoms with Gasteiger partial charge in [-0.1, -0.05) is 13.8 Å². The van der Waals surface area contributed by atoms with E-state index in [4.69, 9.17) is 10.5 Å². The smallest absolute Gasteiger partial charge is 0.325 e. The topological polar surface area (TPSA) is 94.3 Å². The van der Waals surface area contributed by atoms with Crippen LogP contribution in [-0.2, 0) is 20.7 Å². The van der Waals surface area contributed by atoms with Gasteiger partial charge in [0.2, 0.25) is 5.91 Å². The van der Waals surface area contributed by atoms with Gasteiger partial charge in [-0.3, -0.25) is 9.59 Å². The quantitative estimate of drug-likeness (QED) is 0.733. The number of hydrogen-bond donors (Lipinski definition) is 2. The standard InChI is InChI=1S/C13H21N3O3S/c1-4-19-11(18)6-15-10(17)5-9-7-20-13(16-9)12(14)8(2)3/h7-8,12H,4-6,14H2,1-3H3,(H,15,17). The largest absolute Gasteiger partial charge is 0.465 e. The summed E-state index contributed by atoms with van der Waals surface area (Å²) in [7, 11) is 0. The second-order valence-corrected chi connectivity index (χ2v) is 5.60. The molecule has 3 N–H and O–H groups in total. The summed E-state index contributed by atoms with van der Waals surface area (Å²) in [6.45, 7) is 5.95. The van der Waals surface area contributed by atoms with Crippen LogP contribution >= 0.6 is 11.3 Å². The van der Waals surface area contributed by atoms with Crippen LogP contribution in [-0.4, -0.2) is 30.0 Å². The molecule has 0 spiro atoms. The van der Waals surface area contributed by atoms with Gasteiger partial charge >= 0.3 is 5.97 Å². The number of thiazole rings is 1. The summed E-state index contributed by atoms with van der Waals surface area (Å²) < 4.78 is 4.72. The maximum absolute atomic E-state index is 11.6. The average Bonchev–Trinajstić information content (AvgIpc) is 2.84. The van der Waals surface area contributed by atoms with Crippen LogP contribution in [0.15, 0.2) is 5.38 Å². The van der Waals surface area contributed by atoms with Crippen molar-refractivity contribution in [2.75, 3.05) is 13.2 Å². The van der Waals surface area contributed by atoms with Gasteiger partial charge < -0.3 is 15.8 Å². The highest BCUT2D eigenvalue weighted by molar-refractivity contribution is 7.09. The van der Waals surface area contributed by atoms with Gasteiger partial charge in [0.25, 0.3) is 0 Å². The van der Waals surface area contributed by atoms with Crippen molar-refractivity contribution in [1.29, 1.82) is 0 Å². The van der Waals surface area contributed by atoms with E-state index in [9.17, 15) is 9.59 Å². The van der Waals surface area contributed by atoms with Gasteiger partial charge in [0.1, 0.15) is 11.6 Å². The van der Waals surface area contributed by atoms with E-state index in [1.54, 1.807) is 6.92 Å². The lowest BCUT2D eigenvalue weighted by atomic mass is 10.1. The van der Waals surface area contributed by atoms with Crippen LogP contribution in [0.5, 0.6) is 0 Å². The molecule has 1 unspecified atom stereocenters. The van der Waals surface area contributed by atoms with Crippen LogP contribution in [0.2, 0.25) is 0 Å². The number of amides is 1. The molecule has 0 aliphatic heterocycles. The predicted octanol–water partition coefficient (Wildman–Crippen LogP) is 1.02. The number of carbonyl (C=O) groups is 2. The Balaban J connectivity index is 2.45. The van der Waals surface area contributed by atoms with E-state index in [0.717, 1.165) is 5.01 Å². The number of nitrogens with zero attached hydrogens (tertiary/aromatic N) is 1. The lowest BCUT2D eigenvalue weighted by Crippen LogP contribution is -2.31. The van der Waals surface area contributed by atoms with Crippen molar-refractivity contribution in [3.05, 3.63) is 16.1 Å². The highest BCUT2D eigenvalue weighted by Gasteiger charge is 2.16. The van der Waals surface area contributed by atoms with Gasteiger partial charge in [-0.15, -0.1) is 11.3 Å². The second-order valence-electron chi connectivity index (χ2n) is 4.71. The normalized spacial score (nSPS) is 12.2. The molecule has 1 heterocycles. The van der Waals surface area contributed by atoms with Gasteiger partial charge in [-0.25, -0.2) is 4.98 Å². The molecule has 1 aromatic heterocycles. The van der Waals surface area contributed by atoms with E-state index in [2.05, 4.69) is 10.3 Å². The molecule has 1 atom stereocenters. The van der Waals surface area contributed by atoms with Crippen molar-refractivity contribution in [3.63, 3.8) is 0 Å². The third kappa shape index (κ3) is 5.26. The van der Waals surface area contributed by atoms with Crippen LogP contribution in [0, 0.1) is 5.92 Å². The van der Waals surface area contributed by atoms with Crippen molar-refractivity contribution >= 4 is 23.2 Å². The Hall–Kier alpha value is -1.47. The molecule has 0 aromatic carbocycles. The van der Waals surface area contributed by atoms with Gasteiger partial charge in [0.05, 0.1) is 24.8 Å². The summed E-state index contributed by atoms with van der Waals surface area (Å²) >= 11 is 1.45.